The summed E-state index contributed by atoms with van der Waals surface area (Å²) in [5, 5.41) is 2.46. The van der Waals surface area contributed by atoms with E-state index in [9.17, 15) is 4.79 Å². The summed E-state index contributed by atoms with van der Waals surface area (Å²) in [5.41, 5.74) is 1.78. The molecule has 2 aromatic rings. The smallest absolute Gasteiger partial charge is 0.294 e. The van der Waals surface area contributed by atoms with Gasteiger partial charge in [0.05, 0.1) is 11.9 Å². The molecule has 0 spiro atoms. The Balaban J connectivity index is 2.04. The van der Waals surface area contributed by atoms with E-state index in [-0.39, 0.29) is 12.5 Å². The van der Waals surface area contributed by atoms with Gasteiger partial charge in [-0.25, -0.2) is 4.98 Å². The zero-order valence-electron chi connectivity index (χ0n) is 9.30. The number of likely N-dealkylation sites (N-methyl/N-ethyl adjacent to an activating group) is 1. The Bertz CT molecular complexity index is 495. The van der Waals surface area contributed by atoms with Gasteiger partial charge in [0.15, 0.2) is 6.61 Å². The molecule has 0 saturated heterocycles. The van der Waals surface area contributed by atoms with Crippen LogP contribution in [0.15, 0.2) is 30.7 Å². The van der Waals surface area contributed by atoms with Crippen LogP contribution in [-0.2, 0) is 4.79 Å². The number of aromatic amines is 1. The van der Waals surface area contributed by atoms with Crippen LogP contribution in [0.5, 0.6) is 6.01 Å². The van der Waals surface area contributed by atoms with E-state index in [1.165, 1.54) is 0 Å². The number of pyridine rings is 1. The van der Waals surface area contributed by atoms with E-state index in [1.54, 1.807) is 25.6 Å². The van der Waals surface area contributed by atoms with E-state index in [0.29, 0.717) is 6.01 Å². The molecule has 6 heteroatoms. The summed E-state index contributed by atoms with van der Waals surface area (Å²) in [6, 6.07) is 4.03. The summed E-state index contributed by atoms with van der Waals surface area (Å²) in [6.45, 7) is -0.0558. The Hall–Kier alpha value is -2.37. The van der Waals surface area contributed by atoms with Crippen LogP contribution in [0, 0.1) is 0 Å². The Morgan fingerprint density at radius 3 is 2.94 bits per heavy atom. The molecule has 0 aliphatic heterocycles. The lowest BCUT2D eigenvalue weighted by atomic mass is 10.2. The largest absolute Gasteiger partial charge is 0.455 e. The highest BCUT2D eigenvalue weighted by atomic mass is 16.5. The van der Waals surface area contributed by atoms with E-state index in [4.69, 9.17) is 4.74 Å². The van der Waals surface area contributed by atoms with Crippen LogP contribution in [0.1, 0.15) is 0 Å². The van der Waals surface area contributed by atoms with Crippen LogP contribution in [-0.4, -0.2) is 34.5 Å². The summed E-state index contributed by atoms with van der Waals surface area (Å²) in [4.78, 5) is 21.9. The van der Waals surface area contributed by atoms with Crippen LogP contribution in [0.3, 0.4) is 0 Å². The first kappa shape index (κ1) is 11.1. The number of hydrogen-bond donors (Lipinski definition) is 2. The second kappa shape index (κ2) is 5.11. The monoisotopic (exact) mass is 232 g/mol. The molecule has 0 atom stereocenters. The number of nitrogens with one attached hydrogen (secondary N) is 2. The maximum absolute atomic E-state index is 11.0. The fourth-order valence-corrected chi connectivity index (χ4v) is 1.26. The van der Waals surface area contributed by atoms with Gasteiger partial charge in [-0.1, -0.05) is 0 Å². The lowest BCUT2D eigenvalue weighted by molar-refractivity contribution is -0.122. The van der Waals surface area contributed by atoms with Gasteiger partial charge in [-0.15, -0.1) is 0 Å². The molecule has 1 amide bonds. The van der Waals surface area contributed by atoms with Crippen LogP contribution in [0.2, 0.25) is 0 Å². The van der Waals surface area contributed by atoms with E-state index in [0.717, 1.165) is 11.3 Å². The first-order valence-electron chi connectivity index (χ1n) is 5.08. The first-order valence-corrected chi connectivity index (χ1v) is 5.08. The van der Waals surface area contributed by atoms with Gasteiger partial charge in [0.1, 0.15) is 0 Å². The Morgan fingerprint density at radius 2 is 2.24 bits per heavy atom. The average Bonchev–Trinajstić information content (AvgIpc) is 2.86. The summed E-state index contributed by atoms with van der Waals surface area (Å²) in [5.74, 6) is -0.202. The van der Waals surface area contributed by atoms with Crippen molar-refractivity contribution in [1.82, 2.24) is 20.3 Å². The van der Waals surface area contributed by atoms with Gasteiger partial charge in [-0.05, 0) is 12.1 Å². The zero-order chi connectivity index (χ0) is 12.1. The molecule has 6 nitrogen and oxygen atoms in total. The SMILES string of the molecule is CNC(=O)COc1ncc(-c2ccncc2)[nH]1. The molecule has 88 valence electrons. The minimum absolute atomic E-state index is 0.0558. The molecular weight excluding hydrogens is 220 g/mol. The third kappa shape index (κ3) is 2.81. The van der Waals surface area contributed by atoms with E-state index in [2.05, 4.69) is 20.3 Å². The van der Waals surface area contributed by atoms with Gasteiger partial charge >= 0.3 is 0 Å². The summed E-state index contributed by atoms with van der Waals surface area (Å²) in [6.07, 6.45) is 5.04. The normalized spacial score (nSPS) is 9.94. The number of carbonyl (C=O) groups is 1. The fourth-order valence-electron chi connectivity index (χ4n) is 1.26. The van der Waals surface area contributed by atoms with E-state index in [1.807, 2.05) is 12.1 Å². The number of imidazole rings is 1. The van der Waals surface area contributed by atoms with Gasteiger partial charge < -0.3 is 15.0 Å². The molecule has 2 N–H and O–H groups in total. The van der Waals surface area contributed by atoms with Crippen molar-refractivity contribution in [3.63, 3.8) is 0 Å². The minimum Gasteiger partial charge on any atom is -0.455 e. The quantitative estimate of drug-likeness (QED) is 0.808. The van der Waals surface area contributed by atoms with Crippen molar-refractivity contribution in [1.29, 1.82) is 0 Å². The summed E-state index contributed by atoms with van der Waals surface area (Å²) in [7, 11) is 1.55. The second-order valence-corrected chi connectivity index (χ2v) is 3.30. The molecular formula is C11H12N4O2. The molecule has 0 radical (unpaired) electrons. The summed E-state index contributed by atoms with van der Waals surface area (Å²) >= 11 is 0. The van der Waals surface area contributed by atoms with Crippen LogP contribution >= 0.6 is 0 Å². The van der Waals surface area contributed by atoms with Crippen LogP contribution in [0.25, 0.3) is 11.3 Å². The van der Waals surface area contributed by atoms with E-state index < -0.39 is 0 Å². The zero-order valence-corrected chi connectivity index (χ0v) is 9.30. The molecule has 17 heavy (non-hydrogen) atoms. The molecule has 0 aliphatic carbocycles. The van der Waals surface area contributed by atoms with Crippen LogP contribution in [0.4, 0.5) is 0 Å². The highest BCUT2D eigenvalue weighted by molar-refractivity contribution is 5.77. The van der Waals surface area contributed by atoms with Gasteiger partial charge in [0, 0.05) is 25.0 Å². The average molecular weight is 232 g/mol. The molecule has 0 saturated carbocycles. The van der Waals surface area contributed by atoms with Gasteiger partial charge in [-0.2, -0.15) is 0 Å². The standard InChI is InChI=1S/C11H12N4O2/c1-12-10(16)7-17-11-14-6-9(15-11)8-2-4-13-5-3-8/h2-6H,7H2,1H3,(H,12,16)(H,14,15). The third-order valence-electron chi connectivity index (χ3n) is 2.16. The van der Waals surface area contributed by atoms with Gasteiger partial charge in [0.25, 0.3) is 11.9 Å². The topological polar surface area (TPSA) is 79.9 Å². The molecule has 2 aromatic heterocycles. The summed E-state index contributed by atoms with van der Waals surface area (Å²) < 4.78 is 5.17. The number of nitrogens with zero attached hydrogens (tertiary/aromatic N) is 2. The van der Waals surface area contributed by atoms with Crippen molar-refractivity contribution in [2.45, 2.75) is 0 Å². The number of H-pyrrole nitrogens is 1. The third-order valence-corrected chi connectivity index (χ3v) is 2.16. The van der Waals surface area contributed by atoms with Crippen molar-refractivity contribution < 1.29 is 9.53 Å². The molecule has 0 aliphatic rings. The van der Waals surface area contributed by atoms with Crippen LogP contribution < -0.4 is 10.1 Å². The van der Waals surface area contributed by atoms with Gasteiger partial charge in [0.2, 0.25) is 0 Å². The Labute approximate surface area is 98.1 Å². The number of carbonyl (C=O) groups excluding carboxylic acids is 1. The Morgan fingerprint density at radius 1 is 1.47 bits per heavy atom. The van der Waals surface area contributed by atoms with Gasteiger partial charge in [-0.3, -0.25) is 9.78 Å². The number of aromatic nitrogens is 3. The van der Waals surface area contributed by atoms with E-state index >= 15 is 0 Å². The second-order valence-electron chi connectivity index (χ2n) is 3.30. The Kier molecular flexibility index (Phi) is 3.34. The highest BCUT2D eigenvalue weighted by Gasteiger charge is 2.05. The first-order chi connectivity index (χ1) is 8.29. The fraction of sp³-hybridized carbons (Fsp3) is 0.182. The highest BCUT2D eigenvalue weighted by Crippen LogP contribution is 2.17. The molecule has 2 heterocycles. The molecule has 0 unspecified atom stereocenters. The predicted molar refractivity (Wildman–Crippen MR) is 61.4 cm³/mol. The van der Waals surface area contributed by atoms with Crippen molar-refractivity contribution >= 4 is 5.91 Å². The number of hydrogen-bond acceptors (Lipinski definition) is 4. The van der Waals surface area contributed by atoms with Crippen molar-refractivity contribution in [3.05, 3.63) is 30.7 Å². The van der Waals surface area contributed by atoms with Crippen molar-refractivity contribution in [2.75, 3.05) is 13.7 Å². The molecule has 0 aromatic carbocycles. The minimum atomic E-state index is -0.202. The predicted octanol–water partition coefficient (Wildman–Crippen LogP) is 0.596. The number of ether oxygens (including phenoxy) is 1. The maximum atomic E-state index is 11.0. The number of amides is 1. The number of rotatable bonds is 4. The lowest BCUT2D eigenvalue weighted by Gasteiger charge is -2.00. The molecule has 2 rings (SSSR count). The lowest BCUT2D eigenvalue weighted by Crippen LogP contribution is -2.25. The molecule has 0 fully saturated rings. The molecule has 0 bridgehead atoms. The maximum Gasteiger partial charge on any atom is 0.294 e. The van der Waals surface area contributed by atoms with Crippen molar-refractivity contribution in [2.24, 2.45) is 0 Å². The van der Waals surface area contributed by atoms with Crippen molar-refractivity contribution in [3.8, 4) is 17.3 Å².